The number of hydrogen-bond donors (Lipinski definition) is 1. The van der Waals surface area contributed by atoms with Crippen LogP contribution < -0.4 is 10.9 Å². The zero-order valence-electron chi connectivity index (χ0n) is 18.5. The first-order chi connectivity index (χ1) is 14.5. The van der Waals surface area contributed by atoms with E-state index in [2.05, 4.69) is 48.2 Å². The zero-order chi connectivity index (χ0) is 21.5. The third-order valence-electron chi connectivity index (χ3n) is 6.22. The molecular weight excluding hydrogens is 400 g/mol. The Hall–Kier alpha value is -1.79. The van der Waals surface area contributed by atoms with E-state index in [4.69, 9.17) is 16.3 Å². The molecule has 0 amide bonds. The number of likely N-dealkylation sites (tertiary alicyclic amines) is 1. The second kappa shape index (κ2) is 11.0. The van der Waals surface area contributed by atoms with E-state index in [-0.39, 0.29) is 16.6 Å². The average Bonchev–Trinajstić information content (AvgIpc) is 2.79. The Morgan fingerprint density at radius 3 is 2.77 bits per heavy atom. The van der Waals surface area contributed by atoms with Crippen LogP contribution in [0.4, 0.5) is 5.69 Å². The minimum absolute atomic E-state index is 0.0841. The van der Waals surface area contributed by atoms with Gasteiger partial charge in [-0.1, -0.05) is 30.2 Å². The van der Waals surface area contributed by atoms with Gasteiger partial charge in [-0.2, -0.15) is 5.10 Å². The van der Waals surface area contributed by atoms with Crippen LogP contribution in [0, 0.1) is 5.92 Å². The molecule has 1 unspecified atom stereocenters. The molecule has 2 saturated heterocycles. The summed E-state index contributed by atoms with van der Waals surface area (Å²) in [5.74, 6) is 0.451. The fourth-order valence-corrected chi connectivity index (χ4v) is 4.46. The molecule has 0 aliphatic carbocycles. The first-order valence-electron chi connectivity index (χ1n) is 11.2. The Morgan fingerprint density at radius 1 is 1.37 bits per heavy atom. The summed E-state index contributed by atoms with van der Waals surface area (Å²) in [7, 11) is 0. The van der Waals surface area contributed by atoms with Crippen LogP contribution in [0.5, 0.6) is 0 Å². The van der Waals surface area contributed by atoms with Crippen molar-refractivity contribution in [3.8, 4) is 0 Å². The maximum absolute atomic E-state index is 12.9. The van der Waals surface area contributed by atoms with E-state index in [1.54, 1.807) is 10.9 Å². The van der Waals surface area contributed by atoms with Crippen LogP contribution in [-0.4, -0.2) is 47.5 Å². The highest BCUT2D eigenvalue weighted by Crippen LogP contribution is 2.27. The lowest BCUT2D eigenvalue weighted by atomic mass is 10.0. The van der Waals surface area contributed by atoms with Gasteiger partial charge in [0.05, 0.1) is 24.5 Å². The molecule has 2 fully saturated rings. The van der Waals surface area contributed by atoms with Gasteiger partial charge in [-0.05, 0) is 57.9 Å². The van der Waals surface area contributed by atoms with E-state index >= 15 is 0 Å². The topological polar surface area (TPSA) is 59.4 Å². The van der Waals surface area contributed by atoms with Crippen LogP contribution in [0.2, 0.25) is 5.02 Å². The average molecular weight is 435 g/mol. The molecule has 6 nitrogen and oxygen atoms in total. The van der Waals surface area contributed by atoms with Gasteiger partial charge in [-0.3, -0.25) is 4.79 Å². The van der Waals surface area contributed by atoms with Gasteiger partial charge in [0.25, 0.3) is 5.56 Å². The van der Waals surface area contributed by atoms with E-state index in [1.807, 2.05) is 0 Å². The second-order valence-electron chi connectivity index (χ2n) is 8.32. The van der Waals surface area contributed by atoms with Crippen molar-refractivity contribution in [1.29, 1.82) is 0 Å². The molecule has 0 saturated carbocycles. The molecule has 0 bridgehead atoms. The summed E-state index contributed by atoms with van der Waals surface area (Å²) >= 11 is 6.42. The van der Waals surface area contributed by atoms with Crippen molar-refractivity contribution in [2.75, 3.05) is 38.2 Å². The fraction of sp³-hybridized carbons (Fsp3) is 0.652. The lowest BCUT2D eigenvalue weighted by Gasteiger charge is -2.35. The number of piperidine rings is 1. The molecule has 1 aromatic rings. The number of hydrogen-bond acceptors (Lipinski definition) is 5. The lowest BCUT2D eigenvalue weighted by molar-refractivity contribution is 0.0595. The molecular formula is C23H35ClN4O2. The van der Waals surface area contributed by atoms with E-state index in [0.717, 1.165) is 65.0 Å². The number of rotatable bonds is 7. The number of ether oxygens (including phenoxy) is 1. The Kier molecular flexibility index (Phi) is 8.40. The molecule has 1 aromatic heterocycles. The third kappa shape index (κ3) is 5.46. The van der Waals surface area contributed by atoms with Gasteiger partial charge in [-0.15, -0.1) is 0 Å². The number of nitrogens with zero attached hydrogens (tertiary/aromatic N) is 3. The maximum Gasteiger partial charge on any atom is 0.287 e. The summed E-state index contributed by atoms with van der Waals surface area (Å²) < 4.78 is 7.10. The highest BCUT2D eigenvalue weighted by Gasteiger charge is 2.25. The first-order valence-corrected chi connectivity index (χ1v) is 11.6. The van der Waals surface area contributed by atoms with Gasteiger partial charge in [0.15, 0.2) is 0 Å². The summed E-state index contributed by atoms with van der Waals surface area (Å²) in [5, 5.41) is 8.00. The maximum atomic E-state index is 12.9. The number of aromatic nitrogens is 2. The normalized spacial score (nSPS) is 21.7. The van der Waals surface area contributed by atoms with Gasteiger partial charge < -0.3 is 15.0 Å². The molecule has 1 N–H and O–H groups in total. The molecule has 3 heterocycles. The number of anilines is 1. The molecule has 7 heteroatoms. The van der Waals surface area contributed by atoms with Crippen LogP contribution in [0.25, 0.3) is 0 Å². The SMILES string of the molecule is C/C=C\C(=C(\C)CC)N1CCC(n2ncc(NCC3CCCOC3)c(Cl)c2=O)CC1. The Morgan fingerprint density at radius 2 is 2.13 bits per heavy atom. The van der Waals surface area contributed by atoms with Crippen molar-refractivity contribution in [3.05, 3.63) is 45.0 Å². The summed E-state index contributed by atoms with van der Waals surface area (Å²) in [6, 6.07) is 0.0841. The van der Waals surface area contributed by atoms with Gasteiger partial charge in [0.2, 0.25) is 0 Å². The van der Waals surface area contributed by atoms with Crippen LogP contribution in [0.15, 0.2) is 34.4 Å². The monoisotopic (exact) mass is 434 g/mol. The van der Waals surface area contributed by atoms with Crippen molar-refractivity contribution < 1.29 is 4.74 Å². The molecule has 0 radical (unpaired) electrons. The Labute approximate surface area is 184 Å². The predicted molar refractivity (Wildman–Crippen MR) is 123 cm³/mol. The van der Waals surface area contributed by atoms with E-state index in [1.165, 1.54) is 11.3 Å². The van der Waals surface area contributed by atoms with E-state index in [0.29, 0.717) is 11.6 Å². The van der Waals surface area contributed by atoms with E-state index < -0.39 is 0 Å². The highest BCUT2D eigenvalue weighted by molar-refractivity contribution is 6.32. The van der Waals surface area contributed by atoms with Crippen molar-refractivity contribution in [1.82, 2.24) is 14.7 Å². The zero-order valence-corrected chi connectivity index (χ0v) is 19.2. The van der Waals surface area contributed by atoms with Crippen molar-refractivity contribution in [2.24, 2.45) is 5.92 Å². The first kappa shape index (κ1) is 22.9. The molecule has 2 aliphatic heterocycles. The quantitative estimate of drug-likeness (QED) is 0.634. The summed E-state index contributed by atoms with van der Waals surface area (Å²) in [6.07, 6.45) is 11.0. The van der Waals surface area contributed by atoms with Gasteiger partial charge in [0.1, 0.15) is 5.02 Å². The van der Waals surface area contributed by atoms with Gasteiger partial charge in [-0.25, -0.2) is 4.68 Å². The van der Waals surface area contributed by atoms with Crippen molar-refractivity contribution in [3.63, 3.8) is 0 Å². The summed E-state index contributed by atoms with van der Waals surface area (Å²) in [4.78, 5) is 15.3. The predicted octanol–water partition coefficient (Wildman–Crippen LogP) is 4.63. The fourth-order valence-electron chi connectivity index (χ4n) is 4.26. The highest BCUT2D eigenvalue weighted by atomic mass is 35.5. The minimum Gasteiger partial charge on any atom is -0.382 e. The van der Waals surface area contributed by atoms with Crippen molar-refractivity contribution >= 4 is 17.3 Å². The van der Waals surface area contributed by atoms with Gasteiger partial charge in [0, 0.05) is 31.9 Å². The molecule has 2 aliphatic rings. The lowest BCUT2D eigenvalue weighted by Crippen LogP contribution is -2.38. The molecule has 3 rings (SSSR count). The molecule has 0 aromatic carbocycles. The van der Waals surface area contributed by atoms with Crippen LogP contribution in [-0.2, 0) is 4.74 Å². The molecule has 166 valence electrons. The second-order valence-corrected chi connectivity index (χ2v) is 8.70. The standard InChI is InChI=1S/C23H35ClN4O2/c1-4-7-21(17(3)5-2)27-11-9-19(10-12-27)28-23(29)22(24)20(15-26-28)25-14-18-8-6-13-30-16-18/h4,7,15,18-19,25H,5-6,8-14,16H2,1-3H3/b7-4-,21-17+. The van der Waals surface area contributed by atoms with E-state index in [9.17, 15) is 4.79 Å². The number of halogens is 1. The Balaban J connectivity index is 1.64. The summed E-state index contributed by atoms with van der Waals surface area (Å²) in [5.41, 5.74) is 3.12. The third-order valence-corrected chi connectivity index (χ3v) is 6.59. The Bertz CT molecular complexity index is 819. The van der Waals surface area contributed by atoms with Crippen LogP contribution >= 0.6 is 11.6 Å². The number of nitrogens with one attached hydrogen (secondary N) is 1. The van der Waals surface area contributed by atoms with Gasteiger partial charge >= 0.3 is 0 Å². The number of allylic oxidation sites excluding steroid dienone is 3. The largest absolute Gasteiger partial charge is 0.382 e. The summed E-state index contributed by atoms with van der Waals surface area (Å²) in [6.45, 7) is 10.6. The molecule has 1 atom stereocenters. The minimum atomic E-state index is -0.200. The molecule has 30 heavy (non-hydrogen) atoms. The van der Waals surface area contributed by atoms with Crippen molar-refractivity contribution in [2.45, 2.75) is 58.9 Å². The smallest absolute Gasteiger partial charge is 0.287 e. The molecule has 0 spiro atoms. The van der Waals surface area contributed by atoms with Crippen LogP contribution in [0.1, 0.15) is 58.9 Å². The van der Waals surface area contributed by atoms with Crippen LogP contribution in [0.3, 0.4) is 0 Å².